The molecule has 2 saturated heterocycles. The predicted molar refractivity (Wildman–Crippen MR) is 73.3 cm³/mol. The topological polar surface area (TPSA) is 78.5 Å². The molecular weight excluding hydrogens is 280 g/mol. The van der Waals surface area contributed by atoms with Crippen LogP contribution in [0.3, 0.4) is 0 Å². The van der Waals surface area contributed by atoms with Gasteiger partial charge in [0.1, 0.15) is 11.9 Å². The maximum Gasteiger partial charge on any atom is 0.282 e. The molecule has 0 aromatic carbocycles. The molecular formula is C12H20N4O3S. The van der Waals surface area contributed by atoms with Crippen LogP contribution in [0.5, 0.6) is 0 Å². The van der Waals surface area contributed by atoms with Gasteiger partial charge in [-0.05, 0) is 19.8 Å². The number of rotatable bonds is 3. The number of aromatic amines is 1. The Bertz CT molecular complexity index is 565. The van der Waals surface area contributed by atoms with Crippen molar-refractivity contribution in [2.75, 3.05) is 32.8 Å². The van der Waals surface area contributed by atoms with Crippen molar-refractivity contribution >= 4 is 10.2 Å². The molecule has 7 nitrogen and oxygen atoms in total. The second-order valence-corrected chi connectivity index (χ2v) is 7.15. The monoisotopic (exact) mass is 300 g/mol. The van der Waals surface area contributed by atoms with Gasteiger partial charge < -0.3 is 9.72 Å². The molecule has 3 heterocycles. The van der Waals surface area contributed by atoms with Crippen LogP contribution in [0, 0.1) is 6.92 Å². The molecule has 1 aromatic heterocycles. The minimum atomic E-state index is -3.42. The molecule has 0 aliphatic carbocycles. The third kappa shape index (κ3) is 2.48. The minimum absolute atomic E-state index is 0.347. The molecule has 2 aliphatic rings. The number of hydrogen-bond acceptors (Lipinski definition) is 4. The molecule has 2 fully saturated rings. The van der Waals surface area contributed by atoms with Crippen molar-refractivity contribution in [3.63, 3.8) is 0 Å². The van der Waals surface area contributed by atoms with Crippen LogP contribution in [0.2, 0.25) is 0 Å². The minimum Gasteiger partial charge on any atom is -0.378 e. The number of nitrogens with one attached hydrogen (secondary N) is 1. The summed E-state index contributed by atoms with van der Waals surface area (Å²) in [4.78, 5) is 7.39. The summed E-state index contributed by atoms with van der Waals surface area (Å²) in [5.41, 5.74) is 0.920. The van der Waals surface area contributed by atoms with Crippen LogP contribution in [0.15, 0.2) is 6.20 Å². The summed E-state index contributed by atoms with van der Waals surface area (Å²) < 4.78 is 34.0. The number of ether oxygens (including phenoxy) is 1. The second-order valence-electron chi connectivity index (χ2n) is 5.27. The van der Waals surface area contributed by atoms with E-state index in [0.717, 1.165) is 18.5 Å². The molecule has 0 spiro atoms. The standard InChI is InChI=1S/C12H20N4O3S/c1-10-8-13-12(14-10)11-9-19-7-6-16(11)20(17,18)15-4-2-3-5-15/h8,11H,2-7,9H2,1H3,(H,13,14)/t11-/m0/s1. The Labute approximate surface area is 119 Å². The number of H-pyrrole nitrogens is 1. The van der Waals surface area contributed by atoms with Gasteiger partial charge in [0.15, 0.2) is 0 Å². The summed E-state index contributed by atoms with van der Waals surface area (Å²) in [6.45, 7) is 4.29. The highest BCUT2D eigenvalue weighted by Gasteiger charge is 2.39. The van der Waals surface area contributed by atoms with Gasteiger partial charge >= 0.3 is 0 Å². The Hall–Kier alpha value is -0.960. The predicted octanol–water partition coefficient (Wildman–Crippen LogP) is 0.432. The first-order valence-corrected chi connectivity index (χ1v) is 8.35. The van der Waals surface area contributed by atoms with Crippen LogP contribution in [-0.2, 0) is 14.9 Å². The molecule has 20 heavy (non-hydrogen) atoms. The molecule has 1 atom stereocenters. The Balaban J connectivity index is 1.88. The summed E-state index contributed by atoms with van der Waals surface area (Å²) in [7, 11) is -3.42. The van der Waals surface area contributed by atoms with Crippen molar-refractivity contribution in [2.45, 2.75) is 25.8 Å². The van der Waals surface area contributed by atoms with Gasteiger partial charge in [-0.1, -0.05) is 0 Å². The van der Waals surface area contributed by atoms with Gasteiger partial charge in [0.05, 0.1) is 13.2 Å². The van der Waals surface area contributed by atoms with Gasteiger partial charge in [-0.15, -0.1) is 0 Å². The summed E-state index contributed by atoms with van der Waals surface area (Å²) in [6.07, 6.45) is 3.59. The van der Waals surface area contributed by atoms with Crippen molar-refractivity contribution in [2.24, 2.45) is 0 Å². The van der Waals surface area contributed by atoms with Crippen LogP contribution in [-0.4, -0.2) is 59.8 Å². The lowest BCUT2D eigenvalue weighted by Gasteiger charge is -2.35. The molecule has 1 N–H and O–H groups in total. The Morgan fingerprint density at radius 3 is 2.75 bits per heavy atom. The SMILES string of the molecule is Cc1cnc([C@@H]2COCCN2S(=O)(=O)N2CCCC2)[nH]1. The quantitative estimate of drug-likeness (QED) is 0.878. The largest absolute Gasteiger partial charge is 0.378 e. The van der Waals surface area contributed by atoms with E-state index >= 15 is 0 Å². The van der Waals surface area contributed by atoms with E-state index in [1.165, 1.54) is 4.31 Å². The fourth-order valence-electron chi connectivity index (χ4n) is 2.75. The first kappa shape index (κ1) is 14.0. The molecule has 1 aromatic rings. The van der Waals surface area contributed by atoms with Crippen LogP contribution in [0.4, 0.5) is 0 Å². The van der Waals surface area contributed by atoms with E-state index in [-0.39, 0.29) is 6.04 Å². The number of nitrogens with zero attached hydrogens (tertiary/aromatic N) is 3. The maximum absolute atomic E-state index is 12.7. The number of aryl methyl sites for hydroxylation is 1. The van der Waals surface area contributed by atoms with Crippen molar-refractivity contribution in [3.05, 3.63) is 17.7 Å². The Morgan fingerprint density at radius 2 is 2.10 bits per heavy atom. The van der Waals surface area contributed by atoms with Gasteiger partial charge in [0.25, 0.3) is 10.2 Å². The average molecular weight is 300 g/mol. The summed E-state index contributed by atoms with van der Waals surface area (Å²) in [5, 5.41) is 0. The number of morpholine rings is 1. The smallest absolute Gasteiger partial charge is 0.282 e. The molecule has 3 rings (SSSR count). The highest BCUT2D eigenvalue weighted by Crippen LogP contribution is 2.28. The fraction of sp³-hybridized carbons (Fsp3) is 0.750. The van der Waals surface area contributed by atoms with E-state index in [1.807, 2.05) is 6.92 Å². The lowest BCUT2D eigenvalue weighted by Crippen LogP contribution is -2.49. The third-order valence-electron chi connectivity index (χ3n) is 3.81. The molecule has 0 bridgehead atoms. The average Bonchev–Trinajstić information content (AvgIpc) is 3.10. The van der Waals surface area contributed by atoms with Crippen molar-refractivity contribution in [1.82, 2.24) is 18.6 Å². The first-order valence-electron chi connectivity index (χ1n) is 6.95. The van der Waals surface area contributed by atoms with Crippen molar-refractivity contribution in [3.8, 4) is 0 Å². The Kier molecular flexibility index (Phi) is 3.80. The van der Waals surface area contributed by atoms with Crippen LogP contribution in [0.1, 0.15) is 30.4 Å². The lowest BCUT2D eigenvalue weighted by atomic mass is 10.2. The highest BCUT2D eigenvalue weighted by atomic mass is 32.2. The summed E-state index contributed by atoms with van der Waals surface area (Å²) >= 11 is 0. The molecule has 0 radical (unpaired) electrons. The molecule has 2 aliphatic heterocycles. The highest BCUT2D eigenvalue weighted by molar-refractivity contribution is 7.86. The zero-order valence-electron chi connectivity index (χ0n) is 11.6. The van der Waals surface area contributed by atoms with Gasteiger partial charge in [-0.2, -0.15) is 17.0 Å². The van der Waals surface area contributed by atoms with E-state index in [0.29, 0.717) is 38.7 Å². The third-order valence-corrected chi connectivity index (χ3v) is 5.85. The summed E-state index contributed by atoms with van der Waals surface area (Å²) in [6, 6.07) is -0.358. The molecule has 0 unspecified atom stereocenters. The molecule has 0 saturated carbocycles. The van der Waals surface area contributed by atoms with E-state index in [2.05, 4.69) is 9.97 Å². The second kappa shape index (κ2) is 5.44. The molecule has 112 valence electrons. The normalized spacial score (nSPS) is 26.1. The van der Waals surface area contributed by atoms with Crippen LogP contribution >= 0.6 is 0 Å². The van der Waals surface area contributed by atoms with E-state index in [9.17, 15) is 8.42 Å². The van der Waals surface area contributed by atoms with Gasteiger partial charge in [0.2, 0.25) is 0 Å². The van der Waals surface area contributed by atoms with Gasteiger partial charge in [-0.3, -0.25) is 0 Å². The molecule has 0 amide bonds. The van der Waals surface area contributed by atoms with E-state index in [1.54, 1.807) is 10.5 Å². The van der Waals surface area contributed by atoms with Crippen LogP contribution < -0.4 is 0 Å². The van der Waals surface area contributed by atoms with Crippen LogP contribution in [0.25, 0.3) is 0 Å². The Morgan fingerprint density at radius 1 is 1.35 bits per heavy atom. The van der Waals surface area contributed by atoms with E-state index in [4.69, 9.17) is 4.74 Å². The molecule has 8 heteroatoms. The van der Waals surface area contributed by atoms with Gasteiger partial charge in [-0.25, -0.2) is 4.98 Å². The van der Waals surface area contributed by atoms with Gasteiger partial charge in [0, 0.05) is 31.5 Å². The lowest BCUT2D eigenvalue weighted by molar-refractivity contribution is 0.0267. The first-order chi connectivity index (χ1) is 9.59. The zero-order valence-corrected chi connectivity index (χ0v) is 12.4. The van der Waals surface area contributed by atoms with Crippen molar-refractivity contribution in [1.29, 1.82) is 0 Å². The number of aromatic nitrogens is 2. The number of imidazole rings is 1. The fourth-order valence-corrected chi connectivity index (χ4v) is 4.55. The zero-order chi connectivity index (χ0) is 14.2. The van der Waals surface area contributed by atoms with E-state index < -0.39 is 10.2 Å². The number of hydrogen-bond donors (Lipinski definition) is 1. The summed E-state index contributed by atoms with van der Waals surface area (Å²) in [5.74, 6) is 0.657. The maximum atomic E-state index is 12.7. The van der Waals surface area contributed by atoms with Crippen molar-refractivity contribution < 1.29 is 13.2 Å².